The van der Waals surface area contributed by atoms with Crippen LogP contribution in [-0.4, -0.2) is 30.1 Å². The Balaban J connectivity index is 2.23. The van der Waals surface area contributed by atoms with Gasteiger partial charge in [0.15, 0.2) is 0 Å². The first-order valence-electron chi connectivity index (χ1n) is 7.74. The fourth-order valence-corrected chi connectivity index (χ4v) is 2.39. The highest BCUT2D eigenvalue weighted by atomic mass is 15.2. The minimum absolute atomic E-state index is 0.0303. The number of rotatable bonds is 5. The highest BCUT2D eigenvalue weighted by Crippen LogP contribution is 2.29. The van der Waals surface area contributed by atoms with Gasteiger partial charge in [-0.1, -0.05) is 27.2 Å². The molecule has 20 heavy (non-hydrogen) atoms. The molecule has 0 radical (unpaired) electrons. The molecular weight excluding hydrogens is 248 g/mol. The number of hydrogen-bond acceptors (Lipinski definition) is 4. The Hall–Kier alpha value is -1.32. The molecule has 0 amide bonds. The van der Waals surface area contributed by atoms with Crippen LogP contribution in [0.25, 0.3) is 0 Å². The van der Waals surface area contributed by atoms with Gasteiger partial charge in [-0.25, -0.2) is 9.97 Å². The summed E-state index contributed by atoms with van der Waals surface area (Å²) in [6.07, 6.45) is 4.11. The van der Waals surface area contributed by atoms with E-state index in [1.54, 1.807) is 0 Å². The minimum atomic E-state index is -0.0303. The van der Waals surface area contributed by atoms with Crippen LogP contribution in [0.3, 0.4) is 0 Å². The van der Waals surface area contributed by atoms with E-state index < -0.39 is 0 Å². The maximum absolute atomic E-state index is 4.77. The van der Waals surface area contributed by atoms with Gasteiger partial charge in [0.25, 0.3) is 0 Å². The standard InChI is InChI=1S/C16H28N4/c1-6-17-13-10-14(19-15(18-13)16(2,3)4)20(5)11-12-8-7-9-12/h10,12H,6-9,11H2,1-5H3,(H,17,18,19). The second-order valence-corrected chi connectivity index (χ2v) is 6.89. The molecule has 1 fully saturated rings. The predicted molar refractivity (Wildman–Crippen MR) is 85.5 cm³/mol. The van der Waals surface area contributed by atoms with E-state index in [0.29, 0.717) is 0 Å². The molecule has 4 nitrogen and oxygen atoms in total. The zero-order valence-corrected chi connectivity index (χ0v) is 13.5. The van der Waals surface area contributed by atoms with E-state index in [-0.39, 0.29) is 5.41 Å². The molecule has 1 N–H and O–H groups in total. The smallest absolute Gasteiger partial charge is 0.138 e. The molecule has 1 aromatic rings. The third-order valence-corrected chi connectivity index (χ3v) is 3.89. The van der Waals surface area contributed by atoms with Crippen molar-refractivity contribution in [2.75, 3.05) is 30.4 Å². The number of aromatic nitrogens is 2. The van der Waals surface area contributed by atoms with Gasteiger partial charge in [0.05, 0.1) is 0 Å². The normalized spacial score (nSPS) is 15.8. The third-order valence-electron chi connectivity index (χ3n) is 3.89. The van der Waals surface area contributed by atoms with Crippen molar-refractivity contribution in [1.29, 1.82) is 0 Å². The first-order chi connectivity index (χ1) is 9.40. The molecule has 1 aromatic heterocycles. The van der Waals surface area contributed by atoms with Gasteiger partial charge in [0.2, 0.25) is 0 Å². The minimum Gasteiger partial charge on any atom is -0.370 e. The maximum Gasteiger partial charge on any atom is 0.138 e. The predicted octanol–water partition coefficient (Wildman–Crippen LogP) is 3.44. The van der Waals surface area contributed by atoms with Gasteiger partial charge in [-0.2, -0.15) is 0 Å². The average Bonchev–Trinajstić information content (AvgIpc) is 2.32. The van der Waals surface area contributed by atoms with Crippen LogP contribution in [0.2, 0.25) is 0 Å². The van der Waals surface area contributed by atoms with Gasteiger partial charge < -0.3 is 10.2 Å². The fraction of sp³-hybridized carbons (Fsp3) is 0.750. The molecule has 1 aliphatic rings. The van der Waals surface area contributed by atoms with E-state index in [1.807, 2.05) is 0 Å². The summed E-state index contributed by atoms with van der Waals surface area (Å²) < 4.78 is 0. The molecule has 0 atom stereocenters. The van der Waals surface area contributed by atoms with Crippen molar-refractivity contribution in [3.8, 4) is 0 Å². The van der Waals surface area contributed by atoms with Crippen molar-refractivity contribution in [2.45, 2.75) is 52.4 Å². The molecule has 0 unspecified atom stereocenters. The van der Waals surface area contributed by atoms with Crippen molar-refractivity contribution >= 4 is 11.6 Å². The third kappa shape index (κ3) is 3.62. The van der Waals surface area contributed by atoms with Crippen LogP contribution in [-0.2, 0) is 5.41 Å². The molecule has 2 rings (SSSR count). The first kappa shape index (κ1) is 15.1. The van der Waals surface area contributed by atoms with Gasteiger partial charge in [0, 0.05) is 31.6 Å². The number of nitrogens with zero attached hydrogens (tertiary/aromatic N) is 3. The quantitative estimate of drug-likeness (QED) is 0.894. The number of hydrogen-bond donors (Lipinski definition) is 1. The summed E-state index contributed by atoms with van der Waals surface area (Å²) in [7, 11) is 2.14. The molecule has 0 bridgehead atoms. The monoisotopic (exact) mass is 276 g/mol. The van der Waals surface area contributed by atoms with Crippen LogP contribution in [0.1, 0.15) is 52.8 Å². The zero-order valence-electron chi connectivity index (χ0n) is 13.5. The topological polar surface area (TPSA) is 41.0 Å². The number of anilines is 2. The summed E-state index contributed by atoms with van der Waals surface area (Å²) in [5, 5.41) is 3.32. The lowest BCUT2D eigenvalue weighted by molar-refractivity contribution is 0.321. The summed E-state index contributed by atoms with van der Waals surface area (Å²) in [5.74, 6) is 3.72. The average molecular weight is 276 g/mol. The van der Waals surface area contributed by atoms with Crippen molar-refractivity contribution < 1.29 is 0 Å². The Bertz CT molecular complexity index is 446. The Morgan fingerprint density at radius 3 is 2.50 bits per heavy atom. The van der Waals surface area contributed by atoms with Gasteiger partial charge in [0.1, 0.15) is 17.5 Å². The van der Waals surface area contributed by atoms with E-state index in [0.717, 1.165) is 36.5 Å². The lowest BCUT2D eigenvalue weighted by Crippen LogP contribution is -2.31. The molecular formula is C16H28N4. The van der Waals surface area contributed by atoms with Crippen LogP contribution in [0, 0.1) is 5.92 Å². The second-order valence-electron chi connectivity index (χ2n) is 6.89. The molecule has 1 saturated carbocycles. The van der Waals surface area contributed by atoms with Gasteiger partial charge in [-0.3, -0.25) is 0 Å². The Labute approximate surface area is 123 Å². The molecule has 0 spiro atoms. The van der Waals surface area contributed by atoms with E-state index in [9.17, 15) is 0 Å². The van der Waals surface area contributed by atoms with E-state index >= 15 is 0 Å². The van der Waals surface area contributed by atoms with E-state index in [1.165, 1.54) is 19.3 Å². The Morgan fingerprint density at radius 2 is 2.00 bits per heavy atom. The molecule has 1 heterocycles. The molecule has 4 heteroatoms. The van der Waals surface area contributed by atoms with Crippen molar-refractivity contribution in [3.63, 3.8) is 0 Å². The SMILES string of the molecule is CCNc1cc(N(C)CC2CCC2)nc(C(C)(C)C)n1. The largest absolute Gasteiger partial charge is 0.370 e. The van der Waals surface area contributed by atoms with E-state index in [2.05, 4.69) is 56.0 Å². The van der Waals surface area contributed by atoms with Crippen LogP contribution in [0.5, 0.6) is 0 Å². The van der Waals surface area contributed by atoms with Gasteiger partial charge in [-0.05, 0) is 25.7 Å². The van der Waals surface area contributed by atoms with Crippen molar-refractivity contribution in [1.82, 2.24) is 9.97 Å². The maximum atomic E-state index is 4.77. The zero-order chi connectivity index (χ0) is 14.8. The summed E-state index contributed by atoms with van der Waals surface area (Å²) in [4.78, 5) is 11.7. The summed E-state index contributed by atoms with van der Waals surface area (Å²) >= 11 is 0. The molecule has 0 aromatic carbocycles. The van der Waals surface area contributed by atoms with Crippen LogP contribution in [0.15, 0.2) is 6.07 Å². The second kappa shape index (κ2) is 5.98. The molecule has 1 aliphatic carbocycles. The van der Waals surface area contributed by atoms with Gasteiger partial charge >= 0.3 is 0 Å². The van der Waals surface area contributed by atoms with Crippen LogP contribution in [0.4, 0.5) is 11.6 Å². The summed E-state index contributed by atoms with van der Waals surface area (Å²) in [6.45, 7) is 10.6. The molecule has 0 saturated heterocycles. The van der Waals surface area contributed by atoms with Crippen molar-refractivity contribution in [3.05, 3.63) is 11.9 Å². The highest BCUT2D eigenvalue weighted by molar-refractivity contribution is 5.49. The van der Waals surface area contributed by atoms with Crippen LogP contribution >= 0.6 is 0 Å². The molecule has 112 valence electrons. The lowest BCUT2D eigenvalue weighted by atomic mass is 9.85. The lowest BCUT2D eigenvalue weighted by Gasteiger charge is -2.31. The number of nitrogens with one attached hydrogen (secondary N) is 1. The van der Waals surface area contributed by atoms with Gasteiger partial charge in [-0.15, -0.1) is 0 Å². The Kier molecular flexibility index (Phi) is 4.51. The van der Waals surface area contributed by atoms with Crippen LogP contribution < -0.4 is 10.2 Å². The van der Waals surface area contributed by atoms with E-state index in [4.69, 9.17) is 4.98 Å². The first-order valence-corrected chi connectivity index (χ1v) is 7.74. The summed E-state index contributed by atoms with van der Waals surface area (Å²) in [5.41, 5.74) is -0.0303. The summed E-state index contributed by atoms with van der Waals surface area (Å²) in [6, 6.07) is 2.07. The molecule has 0 aliphatic heterocycles. The van der Waals surface area contributed by atoms with Crippen molar-refractivity contribution in [2.24, 2.45) is 5.92 Å². The fourth-order valence-electron chi connectivity index (χ4n) is 2.39. The Morgan fingerprint density at radius 1 is 1.30 bits per heavy atom. The highest BCUT2D eigenvalue weighted by Gasteiger charge is 2.23.